The molecule has 1 aromatic carbocycles. The first-order chi connectivity index (χ1) is 17.8. The molecule has 4 N–H and O–H groups in total. The van der Waals surface area contributed by atoms with Crippen molar-refractivity contribution in [2.75, 3.05) is 58.9 Å². The number of aliphatic hydroxyl groups excluding tert-OH is 1. The summed E-state index contributed by atoms with van der Waals surface area (Å²) in [6.45, 7) is 3.59. The lowest BCUT2D eigenvalue weighted by molar-refractivity contribution is -0.231. The SMILES string of the molecule is CN(C)CCNC(=O)C1(C)COC(c2nc(-c3ccc(F)cc3)c(-c3ccnc(NCCO)n3)[nH]2)OC1. The van der Waals surface area contributed by atoms with Crippen LogP contribution in [0.3, 0.4) is 0 Å². The molecule has 1 aliphatic heterocycles. The molecule has 1 saturated heterocycles. The molecule has 0 atom stereocenters. The average Bonchev–Trinajstić information content (AvgIpc) is 3.34. The Labute approximate surface area is 214 Å². The highest BCUT2D eigenvalue weighted by Gasteiger charge is 2.40. The molecule has 1 fully saturated rings. The average molecular weight is 514 g/mol. The van der Waals surface area contributed by atoms with E-state index in [9.17, 15) is 9.18 Å². The Hall–Kier alpha value is -3.45. The van der Waals surface area contributed by atoms with Crippen LogP contribution in [0, 0.1) is 11.2 Å². The molecule has 198 valence electrons. The van der Waals surface area contributed by atoms with Crippen molar-refractivity contribution in [1.82, 2.24) is 30.2 Å². The zero-order chi connectivity index (χ0) is 26.4. The van der Waals surface area contributed by atoms with Crippen LogP contribution in [0.5, 0.6) is 0 Å². The van der Waals surface area contributed by atoms with Crippen molar-refractivity contribution in [3.63, 3.8) is 0 Å². The number of amides is 1. The number of anilines is 1. The molecule has 4 rings (SSSR count). The van der Waals surface area contributed by atoms with Gasteiger partial charge in [0.1, 0.15) is 5.82 Å². The summed E-state index contributed by atoms with van der Waals surface area (Å²) >= 11 is 0. The van der Waals surface area contributed by atoms with Crippen molar-refractivity contribution >= 4 is 11.9 Å². The first-order valence-electron chi connectivity index (χ1n) is 12.0. The van der Waals surface area contributed by atoms with Crippen molar-refractivity contribution in [2.45, 2.75) is 13.2 Å². The van der Waals surface area contributed by atoms with E-state index in [1.807, 2.05) is 19.0 Å². The van der Waals surface area contributed by atoms with Gasteiger partial charge in [-0.2, -0.15) is 0 Å². The summed E-state index contributed by atoms with van der Waals surface area (Å²) in [5, 5.41) is 15.0. The number of rotatable bonds is 10. The Morgan fingerprint density at radius 1 is 1.19 bits per heavy atom. The van der Waals surface area contributed by atoms with E-state index in [1.54, 1.807) is 31.3 Å². The number of benzene rings is 1. The molecule has 3 heterocycles. The maximum absolute atomic E-state index is 13.6. The molecule has 37 heavy (non-hydrogen) atoms. The quantitative estimate of drug-likeness (QED) is 0.320. The standard InChI is InChI=1S/C25H32FN7O4/c1-25(23(35)27-10-12-33(2)3)14-36-22(37-15-25)21-31-19(16-4-6-17(26)7-5-16)20(32-21)18-8-9-28-24(30-18)29-11-13-34/h4-9,22,34H,10-15H2,1-3H3,(H,27,35)(H,31,32)(H,28,29,30). The molecular weight excluding hydrogens is 481 g/mol. The van der Waals surface area contributed by atoms with Gasteiger partial charge >= 0.3 is 0 Å². The summed E-state index contributed by atoms with van der Waals surface area (Å²) in [6, 6.07) is 7.68. The monoisotopic (exact) mass is 513 g/mol. The number of H-pyrrole nitrogens is 1. The highest BCUT2D eigenvalue weighted by Crippen LogP contribution is 2.35. The summed E-state index contributed by atoms with van der Waals surface area (Å²) in [5.74, 6) is 0.242. The van der Waals surface area contributed by atoms with E-state index in [1.165, 1.54) is 12.1 Å². The number of nitrogens with one attached hydrogen (secondary N) is 3. The summed E-state index contributed by atoms with van der Waals surface area (Å²) in [5.41, 5.74) is 1.47. The van der Waals surface area contributed by atoms with Crippen molar-refractivity contribution in [1.29, 1.82) is 0 Å². The van der Waals surface area contributed by atoms with Gasteiger partial charge in [0, 0.05) is 31.4 Å². The minimum atomic E-state index is -0.835. The molecule has 11 nitrogen and oxygen atoms in total. The lowest BCUT2D eigenvalue weighted by Gasteiger charge is -2.35. The molecule has 1 amide bonds. The van der Waals surface area contributed by atoms with Crippen LogP contribution in [0.15, 0.2) is 36.5 Å². The van der Waals surface area contributed by atoms with Gasteiger partial charge in [0.25, 0.3) is 0 Å². The Kier molecular flexibility index (Phi) is 8.44. The van der Waals surface area contributed by atoms with Gasteiger partial charge in [0.05, 0.1) is 42.3 Å². The van der Waals surface area contributed by atoms with E-state index in [4.69, 9.17) is 19.6 Å². The van der Waals surface area contributed by atoms with Crippen molar-refractivity contribution < 1.29 is 23.8 Å². The van der Waals surface area contributed by atoms with E-state index in [0.717, 1.165) is 6.54 Å². The third kappa shape index (κ3) is 6.46. The van der Waals surface area contributed by atoms with E-state index in [0.29, 0.717) is 47.5 Å². The molecular formula is C25H32FN7O4. The minimum Gasteiger partial charge on any atom is -0.395 e. The fourth-order valence-corrected chi connectivity index (χ4v) is 3.76. The van der Waals surface area contributed by atoms with Crippen LogP contribution in [-0.2, 0) is 14.3 Å². The van der Waals surface area contributed by atoms with Crippen LogP contribution in [0.2, 0.25) is 0 Å². The van der Waals surface area contributed by atoms with Crippen LogP contribution in [0.4, 0.5) is 10.3 Å². The van der Waals surface area contributed by atoms with Gasteiger partial charge in [-0.3, -0.25) is 4.79 Å². The Balaban J connectivity index is 1.57. The normalized spacial score (nSPS) is 19.7. The second-order valence-corrected chi connectivity index (χ2v) is 9.34. The molecule has 1 aliphatic rings. The summed E-state index contributed by atoms with van der Waals surface area (Å²) < 4.78 is 25.5. The van der Waals surface area contributed by atoms with Gasteiger partial charge in [-0.05, 0) is 51.4 Å². The van der Waals surface area contributed by atoms with Crippen molar-refractivity contribution in [3.05, 3.63) is 48.2 Å². The number of likely N-dealkylation sites (N-methyl/N-ethyl adjacent to an activating group) is 1. The molecule has 0 bridgehead atoms. The van der Waals surface area contributed by atoms with E-state index in [2.05, 4.69) is 25.6 Å². The number of carbonyl (C=O) groups excluding carboxylic acids is 1. The number of ether oxygens (including phenoxy) is 2. The molecule has 0 spiro atoms. The highest BCUT2D eigenvalue weighted by atomic mass is 19.1. The maximum atomic E-state index is 13.6. The molecule has 12 heteroatoms. The molecule has 0 saturated carbocycles. The van der Waals surface area contributed by atoms with Gasteiger partial charge in [-0.15, -0.1) is 0 Å². The number of aromatic amines is 1. The Morgan fingerprint density at radius 3 is 2.59 bits per heavy atom. The molecule has 0 aliphatic carbocycles. The van der Waals surface area contributed by atoms with Crippen LogP contribution < -0.4 is 10.6 Å². The van der Waals surface area contributed by atoms with Crippen LogP contribution in [0.1, 0.15) is 19.0 Å². The second kappa shape index (κ2) is 11.7. The van der Waals surface area contributed by atoms with E-state index >= 15 is 0 Å². The molecule has 0 radical (unpaired) electrons. The lowest BCUT2D eigenvalue weighted by atomic mass is 9.91. The highest BCUT2D eigenvalue weighted by molar-refractivity contribution is 5.82. The Bertz CT molecular complexity index is 1190. The smallest absolute Gasteiger partial charge is 0.230 e. The number of hydrogen-bond donors (Lipinski definition) is 4. The zero-order valence-electron chi connectivity index (χ0n) is 21.1. The van der Waals surface area contributed by atoms with E-state index in [-0.39, 0.29) is 31.5 Å². The third-order valence-corrected chi connectivity index (χ3v) is 5.87. The van der Waals surface area contributed by atoms with Crippen LogP contribution in [0.25, 0.3) is 22.6 Å². The first-order valence-corrected chi connectivity index (χ1v) is 12.0. The maximum Gasteiger partial charge on any atom is 0.230 e. The summed E-state index contributed by atoms with van der Waals surface area (Å²) in [4.78, 5) is 31.3. The fourth-order valence-electron chi connectivity index (χ4n) is 3.76. The number of halogens is 1. The number of aromatic nitrogens is 4. The van der Waals surface area contributed by atoms with Crippen molar-refractivity contribution in [3.8, 4) is 22.6 Å². The number of aliphatic hydroxyl groups is 1. The predicted molar refractivity (Wildman–Crippen MR) is 135 cm³/mol. The van der Waals surface area contributed by atoms with Crippen LogP contribution >= 0.6 is 0 Å². The van der Waals surface area contributed by atoms with E-state index < -0.39 is 11.7 Å². The minimum absolute atomic E-state index is 0.0639. The van der Waals surface area contributed by atoms with Gasteiger partial charge in [0.2, 0.25) is 18.1 Å². The zero-order valence-corrected chi connectivity index (χ0v) is 21.1. The second-order valence-electron chi connectivity index (χ2n) is 9.34. The number of imidazole rings is 1. The summed E-state index contributed by atoms with van der Waals surface area (Å²) in [7, 11) is 3.88. The topological polar surface area (TPSA) is 138 Å². The van der Waals surface area contributed by atoms with Gasteiger partial charge < -0.3 is 35.1 Å². The predicted octanol–water partition coefficient (Wildman–Crippen LogP) is 1.81. The number of hydrogen-bond acceptors (Lipinski definition) is 9. The van der Waals surface area contributed by atoms with Crippen LogP contribution in [-0.4, -0.2) is 89.4 Å². The fraction of sp³-hybridized carbons (Fsp3) is 0.440. The van der Waals surface area contributed by atoms with Gasteiger partial charge in [0.15, 0.2) is 5.82 Å². The lowest BCUT2D eigenvalue weighted by Crippen LogP contribution is -2.49. The van der Waals surface area contributed by atoms with Gasteiger partial charge in [-0.25, -0.2) is 19.3 Å². The van der Waals surface area contributed by atoms with Gasteiger partial charge in [-0.1, -0.05) is 0 Å². The Morgan fingerprint density at radius 2 is 1.92 bits per heavy atom. The third-order valence-electron chi connectivity index (χ3n) is 5.87. The molecule has 0 unspecified atom stereocenters. The van der Waals surface area contributed by atoms with Crippen molar-refractivity contribution in [2.24, 2.45) is 5.41 Å². The number of nitrogens with zero attached hydrogens (tertiary/aromatic N) is 4. The number of carbonyl (C=O) groups is 1. The molecule has 2 aromatic heterocycles. The molecule has 3 aromatic rings. The first kappa shape index (κ1) is 26.6. The largest absolute Gasteiger partial charge is 0.395 e. The summed E-state index contributed by atoms with van der Waals surface area (Å²) in [6.07, 6.45) is 0.759.